The van der Waals surface area contributed by atoms with E-state index in [1.807, 2.05) is 37.0 Å². The van der Waals surface area contributed by atoms with Crippen molar-refractivity contribution in [3.8, 4) is 0 Å². The average molecular weight is 355 g/mol. The largest absolute Gasteiger partial charge is 0.308 e. The van der Waals surface area contributed by atoms with Gasteiger partial charge in [0.25, 0.3) is 0 Å². The molecule has 0 saturated heterocycles. The molecule has 0 radical (unpaired) electrons. The Morgan fingerprint density at radius 1 is 1.41 bits per heavy atom. The minimum atomic E-state index is 0.158. The molecule has 2 aromatic heterocycles. The lowest BCUT2D eigenvalue weighted by Gasteiger charge is -2.12. The number of hydrogen-bond acceptors (Lipinski definition) is 8. The Bertz CT molecular complexity index is 574. The average Bonchev–Trinajstić information content (AvgIpc) is 2.97. The first-order chi connectivity index (χ1) is 10.7. The first-order valence-electron chi connectivity index (χ1n) is 6.75. The molecular weight excluding hydrogens is 336 g/mol. The normalized spacial score (nSPS) is 12.5. The van der Waals surface area contributed by atoms with Crippen molar-refractivity contribution in [2.45, 2.75) is 22.0 Å². The summed E-state index contributed by atoms with van der Waals surface area (Å²) in [6.45, 7) is 1.66. The highest BCUT2D eigenvalue weighted by Crippen LogP contribution is 2.25. The van der Waals surface area contributed by atoms with Crippen molar-refractivity contribution in [1.29, 1.82) is 0 Å². The number of tetrazole rings is 1. The van der Waals surface area contributed by atoms with Crippen LogP contribution in [0.2, 0.25) is 0 Å². The topological polar surface area (TPSA) is 59.7 Å². The molecule has 0 saturated carbocycles. The Kier molecular flexibility index (Phi) is 7.23. The van der Waals surface area contributed by atoms with Crippen molar-refractivity contribution in [2.75, 3.05) is 26.4 Å². The van der Waals surface area contributed by atoms with Gasteiger partial charge in [0.1, 0.15) is 0 Å². The molecule has 6 nitrogen and oxygen atoms in total. The Labute approximate surface area is 144 Å². The summed E-state index contributed by atoms with van der Waals surface area (Å²) in [5.74, 6) is 0.839. The summed E-state index contributed by atoms with van der Waals surface area (Å²) in [5.41, 5.74) is 0. The third kappa shape index (κ3) is 5.64. The van der Waals surface area contributed by atoms with E-state index in [0.29, 0.717) is 0 Å². The Balaban J connectivity index is 1.90. The zero-order valence-corrected chi connectivity index (χ0v) is 14.9. The molecule has 2 heterocycles. The third-order valence-electron chi connectivity index (χ3n) is 2.70. The van der Waals surface area contributed by atoms with Crippen LogP contribution in [0.3, 0.4) is 0 Å². The lowest BCUT2D eigenvalue weighted by atomic mass is 10.5. The van der Waals surface area contributed by atoms with Crippen LogP contribution < -0.4 is 0 Å². The molecule has 118 valence electrons. The van der Waals surface area contributed by atoms with Crippen molar-refractivity contribution in [2.24, 2.45) is 0 Å². The number of likely N-dealkylation sites (N-methyl/N-ethyl adjacent to an activating group) is 1. The Morgan fingerprint density at radius 2 is 2.27 bits per heavy atom. The molecule has 0 bridgehead atoms. The van der Waals surface area contributed by atoms with Crippen LogP contribution in [0.4, 0.5) is 0 Å². The zero-order chi connectivity index (χ0) is 15.8. The maximum Gasteiger partial charge on any atom is 0.209 e. The molecule has 1 unspecified atom stereocenters. The van der Waals surface area contributed by atoms with Gasteiger partial charge in [-0.15, -0.1) is 16.9 Å². The van der Waals surface area contributed by atoms with Gasteiger partial charge in [0, 0.05) is 18.5 Å². The molecule has 1 atom stereocenters. The molecular formula is C13H18N6S3. The smallest absolute Gasteiger partial charge is 0.209 e. The first-order valence-corrected chi connectivity index (χ1v) is 9.09. The third-order valence-corrected chi connectivity index (χ3v) is 5.58. The van der Waals surface area contributed by atoms with Gasteiger partial charge in [-0.05, 0) is 42.0 Å². The SMILES string of the molecule is CN(C)CCn1nnnc1SC(C=S)CSc1ccccn1. The Morgan fingerprint density at radius 3 is 2.95 bits per heavy atom. The summed E-state index contributed by atoms with van der Waals surface area (Å²) >= 11 is 8.42. The first kappa shape index (κ1) is 17.3. The van der Waals surface area contributed by atoms with Crippen molar-refractivity contribution in [3.63, 3.8) is 0 Å². The van der Waals surface area contributed by atoms with Crippen LogP contribution in [0.5, 0.6) is 0 Å². The molecule has 0 spiro atoms. The van der Waals surface area contributed by atoms with Gasteiger partial charge in [-0.25, -0.2) is 9.67 Å². The number of aromatic nitrogens is 5. The van der Waals surface area contributed by atoms with Gasteiger partial charge in [0.05, 0.1) is 16.8 Å². The number of thioether (sulfide) groups is 2. The minimum absolute atomic E-state index is 0.158. The van der Waals surface area contributed by atoms with Gasteiger partial charge in [0.2, 0.25) is 5.16 Å². The highest BCUT2D eigenvalue weighted by atomic mass is 32.2. The van der Waals surface area contributed by atoms with E-state index in [-0.39, 0.29) is 5.25 Å². The van der Waals surface area contributed by atoms with Crippen molar-refractivity contribution < 1.29 is 0 Å². The highest BCUT2D eigenvalue weighted by Gasteiger charge is 2.14. The van der Waals surface area contributed by atoms with Crippen LogP contribution in [-0.4, -0.2) is 67.1 Å². The van der Waals surface area contributed by atoms with Gasteiger partial charge in [-0.1, -0.05) is 30.0 Å². The number of nitrogens with zero attached hydrogens (tertiary/aromatic N) is 6. The second kappa shape index (κ2) is 9.19. The number of thiocarbonyl (C=S) groups is 1. The lowest BCUT2D eigenvalue weighted by molar-refractivity contribution is 0.361. The minimum Gasteiger partial charge on any atom is -0.308 e. The van der Waals surface area contributed by atoms with Crippen LogP contribution in [0, 0.1) is 0 Å². The van der Waals surface area contributed by atoms with E-state index in [1.165, 1.54) is 0 Å². The van der Waals surface area contributed by atoms with Crippen LogP contribution in [0.15, 0.2) is 34.6 Å². The molecule has 0 aliphatic heterocycles. The van der Waals surface area contributed by atoms with Crippen molar-refractivity contribution in [1.82, 2.24) is 30.1 Å². The van der Waals surface area contributed by atoms with Crippen molar-refractivity contribution in [3.05, 3.63) is 24.4 Å². The summed E-state index contributed by atoms with van der Waals surface area (Å²) in [6, 6.07) is 5.89. The van der Waals surface area contributed by atoms with Crippen LogP contribution in [0.25, 0.3) is 0 Å². The van der Waals surface area contributed by atoms with Gasteiger partial charge in [-0.2, -0.15) is 0 Å². The molecule has 0 amide bonds. The van der Waals surface area contributed by atoms with Gasteiger partial charge >= 0.3 is 0 Å². The molecule has 0 aromatic carbocycles. The second-order valence-corrected chi connectivity index (χ2v) is 7.28. The van der Waals surface area contributed by atoms with Crippen LogP contribution >= 0.6 is 35.7 Å². The van der Waals surface area contributed by atoms with Gasteiger partial charge in [-0.3, -0.25) is 0 Å². The fourth-order valence-electron chi connectivity index (χ4n) is 1.55. The summed E-state index contributed by atoms with van der Waals surface area (Å²) < 4.78 is 1.82. The fraction of sp³-hybridized carbons (Fsp3) is 0.462. The summed E-state index contributed by atoms with van der Waals surface area (Å²) in [5, 5.41) is 15.6. The quantitative estimate of drug-likeness (QED) is 0.500. The maximum atomic E-state index is 5.15. The molecule has 9 heteroatoms. The molecule has 0 aliphatic rings. The predicted molar refractivity (Wildman–Crippen MR) is 94.6 cm³/mol. The number of pyridine rings is 1. The highest BCUT2D eigenvalue weighted by molar-refractivity contribution is 8.04. The van der Waals surface area contributed by atoms with E-state index in [4.69, 9.17) is 12.2 Å². The summed E-state index contributed by atoms with van der Waals surface area (Å²) in [4.78, 5) is 6.40. The molecule has 22 heavy (non-hydrogen) atoms. The van der Waals surface area contributed by atoms with Gasteiger partial charge in [0.15, 0.2) is 0 Å². The molecule has 2 rings (SSSR count). The van der Waals surface area contributed by atoms with E-state index in [2.05, 4.69) is 25.4 Å². The van der Waals surface area contributed by atoms with E-state index < -0.39 is 0 Å². The molecule has 0 N–H and O–H groups in total. The maximum absolute atomic E-state index is 5.15. The zero-order valence-electron chi connectivity index (χ0n) is 12.5. The lowest BCUT2D eigenvalue weighted by Crippen LogP contribution is -2.20. The van der Waals surface area contributed by atoms with Crippen LogP contribution in [-0.2, 0) is 6.54 Å². The van der Waals surface area contributed by atoms with E-state index in [0.717, 1.165) is 29.0 Å². The predicted octanol–water partition coefficient (Wildman–Crippen LogP) is 1.88. The van der Waals surface area contributed by atoms with E-state index >= 15 is 0 Å². The standard InChI is InChI=1S/C13H18N6S3/c1-18(2)7-8-19-13(15-16-17-19)22-11(9-20)10-21-12-5-3-4-6-14-12/h3-6,9,11H,7-8,10H2,1-2H3. The molecule has 0 fully saturated rings. The van der Waals surface area contributed by atoms with E-state index in [9.17, 15) is 0 Å². The number of hydrogen-bond donors (Lipinski definition) is 0. The fourth-order valence-corrected chi connectivity index (χ4v) is 3.81. The Hall–Kier alpha value is -1.03. The second-order valence-electron chi connectivity index (χ2n) is 4.76. The monoisotopic (exact) mass is 354 g/mol. The van der Waals surface area contributed by atoms with Crippen LogP contribution in [0.1, 0.15) is 0 Å². The number of rotatable bonds is 9. The summed E-state index contributed by atoms with van der Waals surface area (Å²) in [7, 11) is 4.06. The summed E-state index contributed by atoms with van der Waals surface area (Å²) in [6.07, 6.45) is 1.80. The van der Waals surface area contributed by atoms with E-state index in [1.54, 1.807) is 35.1 Å². The molecule has 2 aromatic rings. The molecule has 0 aliphatic carbocycles. The van der Waals surface area contributed by atoms with Gasteiger partial charge < -0.3 is 4.90 Å². The van der Waals surface area contributed by atoms with Crippen molar-refractivity contribution >= 4 is 41.1 Å².